The van der Waals surface area contributed by atoms with Gasteiger partial charge in [-0.25, -0.2) is 0 Å². The number of rotatable bonds is 1. The van der Waals surface area contributed by atoms with Gasteiger partial charge in [0.1, 0.15) is 0 Å². The Morgan fingerprint density at radius 2 is 2.15 bits per heavy atom. The maximum atomic E-state index is 11.2. The fraction of sp³-hybridized carbons (Fsp3) is 0.167. The van der Waals surface area contributed by atoms with E-state index in [9.17, 15) is 4.79 Å². The fourth-order valence-electron chi connectivity index (χ4n) is 1.00. The maximum Gasteiger partial charge on any atom is 0.295 e. The van der Waals surface area contributed by atoms with Crippen LogP contribution in [0.3, 0.4) is 0 Å². The van der Waals surface area contributed by atoms with Gasteiger partial charge in [-0.3, -0.25) is 14.8 Å². The lowest BCUT2D eigenvalue weighted by Gasteiger charge is -1.89. The third kappa shape index (κ3) is 1.10. The molecule has 0 aromatic carbocycles. The van der Waals surface area contributed by atoms with Gasteiger partial charge >= 0.3 is 0 Å². The third-order valence-electron chi connectivity index (χ3n) is 1.55. The summed E-state index contributed by atoms with van der Waals surface area (Å²) >= 11 is 0. The first kappa shape index (κ1) is 7.59. The second-order valence-corrected chi connectivity index (χ2v) is 2.39. The van der Waals surface area contributed by atoms with Gasteiger partial charge in [-0.15, -0.1) is 0 Å². The molecule has 0 aliphatic rings. The van der Waals surface area contributed by atoms with Crippen molar-refractivity contribution in [1.82, 2.24) is 19.9 Å². The predicted octanol–water partition coefficient (Wildman–Crippen LogP) is -0.763. The first-order valence-corrected chi connectivity index (χ1v) is 3.50. The molecule has 0 saturated heterocycles. The van der Waals surface area contributed by atoms with E-state index >= 15 is 0 Å². The van der Waals surface area contributed by atoms with Crippen molar-refractivity contribution in [1.29, 1.82) is 0 Å². The second kappa shape index (κ2) is 2.47. The summed E-state index contributed by atoms with van der Waals surface area (Å²) in [6.45, 7) is 0. The Hall–Kier alpha value is -2.05. The molecule has 0 unspecified atom stereocenters. The summed E-state index contributed by atoms with van der Waals surface area (Å²) in [5.41, 5.74) is 5.44. The van der Waals surface area contributed by atoms with Crippen LogP contribution in [-0.4, -0.2) is 27.0 Å². The quantitative estimate of drug-likeness (QED) is 0.535. The van der Waals surface area contributed by atoms with Crippen molar-refractivity contribution >= 4 is 17.1 Å². The van der Waals surface area contributed by atoms with Crippen LogP contribution in [0.25, 0.3) is 11.2 Å². The summed E-state index contributed by atoms with van der Waals surface area (Å²) in [6, 6.07) is 0.235. The van der Waals surface area contributed by atoms with Crippen LogP contribution in [0.1, 0.15) is 0 Å². The minimum atomic E-state index is -0.387. The number of imidazole rings is 1. The first-order chi connectivity index (χ1) is 6.20. The number of hydrogen-bond donors (Lipinski definition) is 3. The van der Waals surface area contributed by atoms with Crippen LogP contribution in [0.4, 0.5) is 5.95 Å². The summed E-state index contributed by atoms with van der Waals surface area (Å²) in [5, 5.41) is 0. The minimum absolute atomic E-state index is 0.0452. The summed E-state index contributed by atoms with van der Waals surface area (Å²) in [6.07, 6.45) is 0. The average molecular weight is 181 g/mol. The monoisotopic (exact) mass is 181 g/mol. The zero-order chi connectivity index (χ0) is 9.42. The lowest BCUT2D eigenvalue weighted by molar-refractivity contribution is 0.385. The zero-order valence-electron chi connectivity index (χ0n) is 6.79. The van der Waals surface area contributed by atoms with Crippen molar-refractivity contribution in [2.75, 3.05) is 12.8 Å². The number of nitrogens with two attached hydrogens (primary N) is 1. The van der Waals surface area contributed by atoms with Crippen LogP contribution in [0, 0.1) is 0 Å². The molecule has 2 aromatic rings. The molecule has 0 aliphatic heterocycles. The fourth-order valence-corrected chi connectivity index (χ4v) is 1.00. The summed E-state index contributed by atoms with van der Waals surface area (Å²) < 4.78 is 4.79. The summed E-state index contributed by atoms with van der Waals surface area (Å²) in [4.78, 5) is 23.9. The Labute approximate surface area is 72.0 Å². The highest BCUT2D eigenvalue weighted by atomic mass is 16.5. The highest BCUT2D eigenvalue weighted by molar-refractivity contribution is 5.70. The number of nitrogens with zero attached hydrogens (tertiary/aromatic N) is 2. The van der Waals surface area contributed by atoms with E-state index in [0.717, 1.165) is 0 Å². The van der Waals surface area contributed by atoms with Gasteiger partial charge in [-0.05, 0) is 0 Å². The van der Waals surface area contributed by atoms with E-state index in [4.69, 9.17) is 10.5 Å². The molecule has 0 radical (unpaired) electrons. The lowest BCUT2D eigenvalue weighted by Crippen LogP contribution is -2.10. The molecular weight excluding hydrogens is 174 g/mol. The van der Waals surface area contributed by atoms with Gasteiger partial charge < -0.3 is 10.5 Å². The van der Waals surface area contributed by atoms with Crippen LogP contribution in [0.5, 0.6) is 6.01 Å². The molecule has 0 amide bonds. The van der Waals surface area contributed by atoms with Gasteiger partial charge in [-0.2, -0.15) is 9.97 Å². The summed E-state index contributed by atoms with van der Waals surface area (Å²) in [5.74, 6) is 0.0452. The number of ether oxygens (including phenoxy) is 1. The number of H-pyrrole nitrogens is 2. The molecule has 2 aromatic heterocycles. The zero-order valence-corrected chi connectivity index (χ0v) is 6.79. The average Bonchev–Trinajstić information content (AvgIpc) is 2.47. The number of methoxy groups -OCH3 is 1. The van der Waals surface area contributed by atoms with Crippen molar-refractivity contribution in [3.8, 4) is 6.01 Å². The molecule has 0 fully saturated rings. The van der Waals surface area contributed by atoms with Gasteiger partial charge in [0.15, 0.2) is 11.2 Å². The van der Waals surface area contributed by atoms with Crippen LogP contribution >= 0.6 is 0 Å². The molecule has 0 bridgehead atoms. The number of hydrogen-bond acceptors (Lipinski definition) is 5. The first-order valence-electron chi connectivity index (χ1n) is 3.50. The van der Waals surface area contributed by atoms with Crippen LogP contribution in [-0.2, 0) is 0 Å². The number of nitrogen functional groups attached to an aromatic ring is 1. The van der Waals surface area contributed by atoms with Gasteiger partial charge in [0.25, 0.3) is 11.6 Å². The van der Waals surface area contributed by atoms with Crippen molar-refractivity contribution < 1.29 is 4.74 Å². The predicted molar refractivity (Wildman–Crippen MR) is 45.5 cm³/mol. The summed E-state index contributed by atoms with van der Waals surface area (Å²) in [7, 11) is 1.44. The number of aromatic nitrogens is 4. The molecule has 68 valence electrons. The number of anilines is 1. The molecule has 0 atom stereocenters. The Morgan fingerprint density at radius 3 is 2.85 bits per heavy atom. The molecule has 0 spiro atoms. The normalized spacial score (nSPS) is 10.5. The second-order valence-electron chi connectivity index (χ2n) is 2.39. The third-order valence-corrected chi connectivity index (χ3v) is 1.55. The number of aromatic amines is 2. The van der Waals surface area contributed by atoms with E-state index in [1.54, 1.807) is 0 Å². The smallest absolute Gasteiger partial charge is 0.295 e. The molecule has 0 aliphatic carbocycles. The van der Waals surface area contributed by atoms with Gasteiger partial charge in [0, 0.05) is 0 Å². The Morgan fingerprint density at radius 1 is 1.38 bits per heavy atom. The van der Waals surface area contributed by atoms with Gasteiger partial charge in [0.05, 0.1) is 7.11 Å². The molecular formula is C6H7N5O2. The Balaban J connectivity index is 2.83. The Bertz CT molecular complexity index is 499. The van der Waals surface area contributed by atoms with E-state index < -0.39 is 0 Å². The van der Waals surface area contributed by atoms with Crippen molar-refractivity contribution in [3.05, 3.63) is 10.4 Å². The van der Waals surface area contributed by atoms with E-state index in [1.807, 2.05) is 0 Å². The molecule has 4 N–H and O–H groups in total. The van der Waals surface area contributed by atoms with Crippen molar-refractivity contribution in [2.45, 2.75) is 0 Å². The topological polar surface area (TPSA) is 110 Å². The number of fused-ring (bicyclic) bond motifs is 1. The van der Waals surface area contributed by atoms with E-state index in [0.29, 0.717) is 5.65 Å². The van der Waals surface area contributed by atoms with E-state index in [2.05, 4.69) is 19.9 Å². The van der Waals surface area contributed by atoms with Crippen LogP contribution in [0.2, 0.25) is 0 Å². The van der Waals surface area contributed by atoms with Crippen molar-refractivity contribution in [3.63, 3.8) is 0 Å². The minimum Gasteiger partial charge on any atom is -0.468 e. The Kier molecular flexibility index (Phi) is 1.44. The SMILES string of the molecule is COc1nc2c(=O)[nH]c(N)nc2[nH]1. The van der Waals surface area contributed by atoms with E-state index in [-0.39, 0.29) is 23.0 Å². The van der Waals surface area contributed by atoms with Crippen LogP contribution in [0.15, 0.2) is 4.79 Å². The van der Waals surface area contributed by atoms with Crippen molar-refractivity contribution in [2.24, 2.45) is 0 Å². The van der Waals surface area contributed by atoms with Crippen LogP contribution < -0.4 is 16.0 Å². The molecule has 7 heteroatoms. The molecule has 2 rings (SSSR count). The standard InChI is InChI=1S/C6H7N5O2/c1-13-6-8-2-3(10-6)9-5(7)11-4(2)12/h1H3,(H4,7,8,9,10,11,12). The molecule has 7 nitrogen and oxygen atoms in total. The number of nitrogens with one attached hydrogen (secondary N) is 2. The van der Waals surface area contributed by atoms with Gasteiger partial charge in [-0.1, -0.05) is 0 Å². The highest BCUT2D eigenvalue weighted by Gasteiger charge is 2.07. The molecule has 2 heterocycles. The molecule has 13 heavy (non-hydrogen) atoms. The highest BCUT2D eigenvalue weighted by Crippen LogP contribution is 2.09. The van der Waals surface area contributed by atoms with E-state index in [1.165, 1.54) is 7.11 Å². The lowest BCUT2D eigenvalue weighted by atomic mass is 10.5. The largest absolute Gasteiger partial charge is 0.468 e. The molecule has 0 saturated carbocycles. The maximum absolute atomic E-state index is 11.2. The van der Waals surface area contributed by atoms with Gasteiger partial charge in [0.2, 0.25) is 5.95 Å².